The van der Waals surface area contributed by atoms with E-state index in [2.05, 4.69) is 51.5 Å². The molecule has 0 bridgehead atoms. The van der Waals surface area contributed by atoms with E-state index in [-0.39, 0.29) is 11.2 Å². The van der Waals surface area contributed by atoms with Crippen LogP contribution in [0.4, 0.5) is 4.39 Å². The van der Waals surface area contributed by atoms with Crippen LogP contribution in [0.2, 0.25) is 25.7 Å². The minimum Gasteiger partial charge on any atom is -0.207 e. The van der Waals surface area contributed by atoms with Crippen LogP contribution >= 0.6 is 31.9 Å². The van der Waals surface area contributed by atoms with E-state index in [0.29, 0.717) is 0 Å². The summed E-state index contributed by atoms with van der Waals surface area (Å²) < 4.78 is 13.0. The molecular formula is C13H19Br2FSi. The lowest BCUT2D eigenvalue weighted by atomic mass is 9.86. The summed E-state index contributed by atoms with van der Waals surface area (Å²) in [4.78, 5) is 0. The number of hydrogen-bond donors (Lipinski definition) is 0. The van der Waals surface area contributed by atoms with Crippen molar-refractivity contribution in [3.8, 4) is 0 Å². The van der Waals surface area contributed by atoms with Gasteiger partial charge in [-0.3, -0.25) is 0 Å². The molecule has 0 radical (unpaired) electrons. The molecule has 0 N–H and O–H groups in total. The summed E-state index contributed by atoms with van der Waals surface area (Å²) in [7, 11) is -1.18. The maximum atomic E-state index is 13.0. The topological polar surface area (TPSA) is 0 Å². The minimum absolute atomic E-state index is 0.0815. The Morgan fingerprint density at radius 2 is 1.53 bits per heavy atom. The van der Waals surface area contributed by atoms with Gasteiger partial charge in [-0.15, -0.1) is 0 Å². The summed E-state index contributed by atoms with van der Waals surface area (Å²) in [6, 6.07) is 8.12. The summed E-state index contributed by atoms with van der Waals surface area (Å²) in [6.45, 7) is 7.11. The van der Waals surface area contributed by atoms with Gasteiger partial charge in [-0.2, -0.15) is 0 Å². The van der Waals surface area contributed by atoms with Crippen molar-refractivity contribution in [1.29, 1.82) is 0 Å². The largest absolute Gasteiger partial charge is 0.207 e. The van der Waals surface area contributed by atoms with Gasteiger partial charge >= 0.3 is 0 Å². The molecule has 0 aliphatic heterocycles. The van der Waals surface area contributed by atoms with E-state index in [9.17, 15) is 4.39 Å². The second-order valence-corrected chi connectivity index (χ2v) is 12.4. The highest BCUT2D eigenvalue weighted by atomic mass is 79.9. The molecule has 1 rings (SSSR count). The molecular weight excluding hydrogens is 363 g/mol. The van der Waals surface area contributed by atoms with Crippen molar-refractivity contribution in [3.63, 3.8) is 0 Å². The number of benzene rings is 1. The number of hydrogen-bond acceptors (Lipinski definition) is 0. The van der Waals surface area contributed by atoms with Gasteiger partial charge in [0.25, 0.3) is 0 Å². The molecule has 1 aromatic carbocycles. The van der Waals surface area contributed by atoms with Crippen molar-refractivity contribution < 1.29 is 4.39 Å². The lowest BCUT2D eigenvalue weighted by Crippen LogP contribution is -2.39. The Labute approximate surface area is 121 Å². The van der Waals surface area contributed by atoms with Crippen molar-refractivity contribution in [2.75, 3.05) is 10.7 Å². The summed E-state index contributed by atoms with van der Waals surface area (Å²) >= 11 is 7.28. The molecule has 0 aromatic heterocycles. The zero-order valence-corrected chi connectivity index (χ0v) is 14.7. The highest BCUT2D eigenvalue weighted by molar-refractivity contribution is 9.09. The Hall–Kier alpha value is 0.327. The number of rotatable bonds is 5. The van der Waals surface area contributed by atoms with Gasteiger partial charge in [0.15, 0.2) is 0 Å². The van der Waals surface area contributed by atoms with Crippen LogP contribution in [0.5, 0.6) is 0 Å². The Bertz CT molecular complexity index is 353. The van der Waals surface area contributed by atoms with Crippen LogP contribution in [-0.4, -0.2) is 18.7 Å². The lowest BCUT2D eigenvalue weighted by Gasteiger charge is -2.36. The average molecular weight is 382 g/mol. The van der Waals surface area contributed by atoms with Gasteiger partial charge in [0.2, 0.25) is 0 Å². The smallest absolute Gasteiger partial charge is 0.123 e. The molecule has 0 nitrogen and oxygen atoms in total. The molecule has 0 amide bonds. The zero-order valence-electron chi connectivity index (χ0n) is 10.6. The maximum absolute atomic E-state index is 13.0. The van der Waals surface area contributed by atoms with Gasteiger partial charge in [-0.05, 0) is 23.7 Å². The van der Waals surface area contributed by atoms with Gasteiger partial charge in [-0.25, -0.2) is 4.39 Å². The van der Waals surface area contributed by atoms with Crippen molar-refractivity contribution in [3.05, 3.63) is 35.6 Å². The summed E-state index contributed by atoms with van der Waals surface area (Å²) in [5, 5.41) is 1.81. The number of halogens is 3. The molecule has 4 heteroatoms. The summed E-state index contributed by atoms with van der Waals surface area (Å²) in [5.41, 5.74) is 1.30. The van der Waals surface area contributed by atoms with Gasteiger partial charge in [0, 0.05) is 24.1 Å². The first-order valence-electron chi connectivity index (χ1n) is 5.71. The van der Waals surface area contributed by atoms with E-state index in [0.717, 1.165) is 10.7 Å². The molecule has 0 saturated heterocycles. The molecule has 1 aromatic rings. The zero-order chi connectivity index (χ0) is 13.1. The van der Waals surface area contributed by atoms with Crippen molar-refractivity contribution in [2.45, 2.75) is 31.1 Å². The first-order valence-corrected chi connectivity index (χ1v) is 11.7. The third-order valence-electron chi connectivity index (χ3n) is 2.84. The van der Waals surface area contributed by atoms with Crippen LogP contribution < -0.4 is 0 Å². The predicted molar refractivity (Wildman–Crippen MR) is 83.8 cm³/mol. The third kappa shape index (κ3) is 4.18. The quantitative estimate of drug-likeness (QED) is 0.486. The fraction of sp³-hybridized carbons (Fsp3) is 0.538. The van der Waals surface area contributed by atoms with E-state index in [1.807, 2.05) is 12.1 Å². The number of alkyl halides is 2. The normalized spacial score (nSPS) is 12.8. The van der Waals surface area contributed by atoms with Crippen LogP contribution in [0.15, 0.2) is 24.3 Å². The van der Waals surface area contributed by atoms with Crippen LogP contribution in [0.3, 0.4) is 0 Å². The average Bonchev–Trinajstić information content (AvgIpc) is 2.26. The van der Waals surface area contributed by atoms with Crippen LogP contribution in [0.1, 0.15) is 5.56 Å². The summed E-state index contributed by atoms with van der Waals surface area (Å²) in [6.07, 6.45) is 0. The Balaban J connectivity index is 3.10. The van der Waals surface area contributed by atoms with Crippen LogP contribution in [-0.2, 0) is 5.41 Å². The highest BCUT2D eigenvalue weighted by Gasteiger charge is 2.35. The van der Waals surface area contributed by atoms with Crippen LogP contribution in [0.25, 0.3) is 0 Å². The monoisotopic (exact) mass is 380 g/mol. The molecule has 0 spiro atoms. The molecule has 17 heavy (non-hydrogen) atoms. The van der Waals surface area contributed by atoms with E-state index in [4.69, 9.17) is 0 Å². The third-order valence-corrected chi connectivity index (χ3v) is 6.72. The lowest BCUT2D eigenvalue weighted by molar-refractivity contribution is 0.599. The first-order chi connectivity index (χ1) is 7.83. The van der Waals surface area contributed by atoms with Gasteiger partial charge < -0.3 is 0 Å². The highest BCUT2D eigenvalue weighted by Crippen LogP contribution is 2.37. The molecule has 0 atom stereocenters. The maximum Gasteiger partial charge on any atom is 0.123 e. The summed E-state index contributed by atoms with van der Waals surface area (Å²) in [5.74, 6) is -0.167. The Morgan fingerprint density at radius 1 is 1.06 bits per heavy atom. The van der Waals surface area contributed by atoms with Gasteiger partial charge in [-0.1, -0.05) is 63.6 Å². The van der Waals surface area contributed by atoms with Gasteiger partial charge in [0.05, 0.1) is 0 Å². The van der Waals surface area contributed by atoms with E-state index in [1.165, 1.54) is 11.6 Å². The molecule has 0 aliphatic carbocycles. The molecule has 0 heterocycles. The molecule has 0 aliphatic rings. The van der Waals surface area contributed by atoms with Crippen LogP contribution in [0, 0.1) is 5.82 Å². The second kappa shape index (κ2) is 5.98. The van der Waals surface area contributed by atoms with Crippen molar-refractivity contribution >= 4 is 39.9 Å². The van der Waals surface area contributed by atoms with E-state index in [1.54, 1.807) is 12.1 Å². The fourth-order valence-corrected chi connectivity index (χ4v) is 7.39. The predicted octanol–water partition coefficient (Wildman–Crippen LogP) is 5.19. The molecule has 96 valence electrons. The van der Waals surface area contributed by atoms with Crippen molar-refractivity contribution in [2.24, 2.45) is 0 Å². The standard InChI is InChI=1S/C13H19Br2FSi/c1-17(2,3)10-13(8-14,9-15)11-4-6-12(16)7-5-11/h4-7H,8-10H2,1-3H3. The SMILES string of the molecule is C[Si](C)(C)CC(CBr)(CBr)c1ccc(F)cc1. The molecule has 0 saturated carbocycles. The molecule has 0 unspecified atom stereocenters. The minimum atomic E-state index is -1.18. The molecule has 0 fully saturated rings. The Morgan fingerprint density at radius 3 is 1.88 bits per heavy atom. The van der Waals surface area contributed by atoms with Crippen molar-refractivity contribution in [1.82, 2.24) is 0 Å². The van der Waals surface area contributed by atoms with E-state index < -0.39 is 8.07 Å². The van der Waals surface area contributed by atoms with Gasteiger partial charge in [0.1, 0.15) is 5.82 Å². The van der Waals surface area contributed by atoms with E-state index >= 15 is 0 Å². The Kier molecular flexibility index (Phi) is 5.41. The second-order valence-electron chi connectivity index (χ2n) is 5.79. The first kappa shape index (κ1) is 15.4. The fourth-order valence-electron chi connectivity index (χ4n) is 2.21.